The minimum Gasteiger partial charge on any atom is -0.464 e. The van der Waals surface area contributed by atoms with E-state index in [9.17, 15) is 14.4 Å². The lowest BCUT2D eigenvalue weighted by Crippen LogP contribution is -2.41. The molecule has 0 bridgehead atoms. The van der Waals surface area contributed by atoms with Crippen molar-refractivity contribution in [2.45, 2.75) is 6.92 Å². The molecule has 4 N–H and O–H groups in total. The summed E-state index contributed by atoms with van der Waals surface area (Å²) in [6.07, 6.45) is 0.0402. The number of pyridine rings is 1. The number of halogens is 3. The second-order valence-electron chi connectivity index (χ2n) is 6.06. The maximum atomic E-state index is 13.1. The van der Waals surface area contributed by atoms with Crippen LogP contribution in [0.3, 0.4) is 0 Å². The molecule has 31 heavy (non-hydrogen) atoms. The molecule has 0 aliphatic carbocycles. The first-order valence-corrected chi connectivity index (χ1v) is 9.99. The number of carbonyl (C=O) groups is 3. The lowest BCUT2D eigenvalue weighted by atomic mass is 10.1. The van der Waals surface area contributed by atoms with E-state index in [-0.39, 0.29) is 32.8 Å². The number of nitrogens with one attached hydrogen (secondary N) is 3. The summed E-state index contributed by atoms with van der Waals surface area (Å²) in [5.74, 6) is -1.20. The summed E-state index contributed by atoms with van der Waals surface area (Å²) in [4.78, 5) is 40.3. The van der Waals surface area contributed by atoms with E-state index >= 15 is 0 Å². The maximum absolute atomic E-state index is 13.1. The molecule has 0 aliphatic heterocycles. The number of hydrogen-bond acceptors (Lipinski definition) is 5. The summed E-state index contributed by atoms with van der Waals surface area (Å²) in [5.41, 5.74) is 4.40. The van der Waals surface area contributed by atoms with Gasteiger partial charge >= 0.3 is 6.09 Å². The number of aryl methyl sites for hydroxylation is 1. The molecule has 10 nitrogen and oxygen atoms in total. The van der Waals surface area contributed by atoms with E-state index in [1.54, 1.807) is 30.5 Å². The van der Waals surface area contributed by atoms with Crippen molar-refractivity contribution in [3.8, 4) is 5.82 Å². The number of amides is 3. The smallest absolute Gasteiger partial charge is 0.423 e. The number of carbonyl (C=O) groups excluding carboxylic acids is 2. The molecule has 2 heterocycles. The van der Waals surface area contributed by atoms with E-state index in [1.165, 1.54) is 23.0 Å². The first-order chi connectivity index (χ1) is 14.7. The van der Waals surface area contributed by atoms with Crippen LogP contribution in [0.2, 0.25) is 10.0 Å². The van der Waals surface area contributed by atoms with Crippen molar-refractivity contribution in [1.29, 1.82) is 0 Å². The molecule has 3 amide bonds. The Morgan fingerprint density at radius 1 is 1.13 bits per heavy atom. The highest BCUT2D eigenvalue weighted by molar-refractivity contribution is 9.10. The van der Waals surface area contributed by atoms with Crippen LogP contribution in [-0.4, -0.2) is 37.8 Å². The number of hydrogen-bond donors (Lipinski definition) is 4. The molecular weight excluding hydrogens is 515 g/mol. The highest BCUT2D eigenvalue weighted by Gasteiger charge is 2.22. The number of anilines is 1. The SMILES string of the molecule is Cc1cc(Cl)cc(C(=O)NNC(=O)O)c1NC(=O)c1cc(Br)nn1-c1ncccc1Cl. The van der Waals surface area contributed by atoms with Gasteiger partial charge in [0.15, 0.2) is 5.82 Å². The summed E-state index contributed by atoms with van der Waals surface area (Å²) in [6, 6.07) is 7.53. The Bertz CT molecular complexity index is 1200. The number of carboxylic acid groups (broad SMARTS) is 1. The fourth-order valence-electron chi connectivity index (χ4n) is 2.65. The lowest BCUT2D eigenvalue weighted by molar-refractivity contribution is 0.0927. The van der Waals surface area contributed by atoms with Gasteiger partial charge in [-0.25, -0.2) is 19.9 Å². The summed E-state index contributed by atoms with van der Waals surface area (Å²) >= 11 is 15.4. The number of nitrogens with zero attached hydrogens (tertiary/aromatic N) is 3. The Morgan fingerprint density at radius 2 is 1.87 bits per heavy atom. The fourth-order valence-corrected chi connectivity index (χ4v) is 3.50. The minimum atomic E-state index is -1.46. The molecule has 3 rings (SSSR count). The highest BCUT2D eigenvalue weighted by atomic mass is 79.9. The average Bonchev–Trinajstić information content (AvgIpc) is 3.09. The van der Waals surface area contributed by atoms with Gasteiger partial charge in [-0.05, 0) is 52.7 Å². The van der Waals surface area contributed by atoms with E-state index in [2.05, 4.69) is 31.3 Å². The number of rotatable bonds is 4. The Labute approximate surface area is 193 Å². The molecular formula is C18H13BrCl2N6O4. The van der Waals surface area contributed by atoms with Crippen molar-refractivity contribution >= 4 is 62.7 Å². The normalized spacial score (nSPS) is 10.5. The Morgan fingerprint density at radius 3 is 2.55 bits per heavy atom. The zero-order chi connectivity index (χ0) is 22.7. The first-order valence-electron chi connectivity index (χ1n) is 8.44. The molecule has 3 aromatic rings. The molecule has 2 aromatic heterocycles. The quantitative estimate of drug-likeness (QED) is 0.380. The van der Waals surface area contributed by atoms with Crippen LogP contribution in [0.4, 0.5) is 10.5 Å². The van der Waals surface area contributed by atoms with E-state index < -0.39 is 17.9 Å². The summed E-state index contributed by atoms with van der Waals surface area (Å²) in [7, 11) is 0. The van der Waals surface area contributed by atoms with Crippen molar-refractivity contribution in [2.75, 3.05) is 5.32 Å². The molecule has 0 unspecified atom stereocenters. The summed E-state index contributed by atoms with van der Waals surface area (Å²) in [5, 5.41) is 16.0. The minimum absolute atomic E-state index is 0.0481. The first kappa shape index (κ1) is 22.5. The molecule has 0 fully saturated rings. The lowest BCUT2D eigenvalue weighted by Gasteiger charge is -2.15. The van der Waals surface area contributed by atoms with Crippen LogP contribution in [0, 0.1) is 6.92 Å². The number of hydrazine groups is 1. The van der Waals surface area contributed by atoms with E-state index in [4.69, 9.17) is 28.3 Å². The molecule has 0 radical (unpaired) electrons. The van der Waals surface area contributed by atoms with Crippen LogP contribution < -0.4 is 16.2 Å². The highest BCUT2D eigenvalue weighted by Crippen LogP contribution is 2.27. The molecule has 0 spiro atoms. The summed E-state index contributed by atoms with van der Waals surface area (Å²) < 4.78 is 1.61. The van der Waals surface area contributed by atoms with Crippen molar-refractivity contribution < 1.29 is 19.5 Å². The van der Waals surface area contributed by atoms with Gasteiger partial charge in [0.05, 0.1) is 16.3 Å². The molecule has 0 aliphatic rings. The second-order valence-corrected chi connectivity index (χ2v) is 7.71. The summed E-state index contributed by atoms with van der Waals surface area (Å²) in [6.45, 7) is 1.63. The van der Waals surface area contributed by atoms with Gasteiger partial charge in [-0.2, -0.15) is 5.10 Å². The standard InChI is InChI=1S/C18H13BrCl2N6O4/c1-8-5-9(20)6-10(16(28)24-25-18(30)31)14(8)23-17(29)12-7-13(19)26-27(12)15-11(21)3-2-4-22-15/h2-7,25H,1H3,(H,23,29)(H,24,28)(H,30,31). The van der Waals surface area contributed by atoms with Gasteiger partial charge in [-0.1, -0.05) is 23.2 Å². The Balaban J connectivity index is 1.99. The van der Waals surface area contributed by atoms with Gasteiger partial charge < -0.3 is 10.4 Å². The Kier molecular flexibility index (Phi) is 6.78. The molecule has 160 valence electrons. The average molecular weight is 528 g/mol. The molecule has 13 heteroatoms. The largest absolute Gasteiger partial charge is 0.464 e. The zero-order valence-corrected chi connectivity index (χ0v) is 18.7. The van der Waals surface area contributed by atoms with Gasteiger partial charge in [-0.3, -0.25) is 15.0 Å². The number of aromatic nitrogens is 3. The van der Waals surface area contributed by atoms with Gasteiger partial charge in [-0.15, -0.1) is 0 Å². The van der Waals surface area contributed by atoms with Crippen molar-refractivity contribution in [3.05, 3.63) is 68.0 Å². The number of benzene rings is 1. The van der Waals surface area contributed by atoms with Crippen LogP contribution in [0.25, 0.3) is 5.82 Å². The zero-order valence-electron chi connectivity index (χ0n) is 15.6. The molecule has 0 saturated heterocycles. The molecule has 0 atom stereocenters. The van der Waals surface area contributed by atoms with Crippen LogP contribution in [-0.2, 0) is 0 Å². The third-order valence-electron chi connectivity index (χ3n) is 3.92. The third-order valence-corrected chi connectivity index (χ3v) is 4.82. The molecule has 0 saturated carbocycles. The molecule has 1 aromatic carbocycles. The predicted molar refractivity (Wildman–Crippen MR) is 117 cm³/mol. The van der Waals surface area contributed by atoms with Gasteiger partial charge in [0.25, 0.3) is 11.8 Å². The van der Waals surface area contributed by atoms with Crippen LogP contribution >= 0.6 is 39.1 Å². The predicted octanol–water partition coefficient (Wildman–Crippen LogP) is 3.81. The van der Waals surface area contributed by atoms with E-state index in [1.807, 2.05) is 5.43 Å². The van der Waals surface area contributed by atoms with Gasteiger partial charge in [0, 0.05) is 17.3 Å². The van der Waals surface area contributed by atoms with E-state index in [0.29, 0.717) is 10.2 Å². The van der Waals surface area contributed by atoms with Crippen molar-refractivity contribution in [3.63, 3.8) is 0 Å². The fraction of sp³-hybridized carbons (Fsp3) is 0.0556. The Hall–Kier alpha value is -3.15. The van der Waals surface area contributed by atoms with Crippen LogP contribution in [0.1, 0.15) is 26.4 Å². The maximum Gasteiger partial charge on any atom is 0.423 e. The van der Waals surface area contributed by atoms with Gasteiger partial charge in [0.1, 0.15) is 10.3 Å². The monoisotopic (exact) mass is 526 g/mol. The van der Waals surface area contributed by atoms with Crippen molar-refractivity contribution in [2.24, 2.45) is 0 Å². The van der Waals surface area contributed by atoms with Crippen LogP contribution in [0.15, 0.2) is 41.1 Å². The van der Waals surface area contributed by atoms with Crippen LogP contribution in [0.5, 0.6) is 0 Å². The topological polar surface area (TPSA) is 138 Å². The van der Waals surface area contributed by atoms with Crippen molar-refractivity contribution in [1.82, 2.24) is 25.6 Å². The van der Waals surface area contributed by atoms with Gasteiger partial charge in [0.2, 0.25) is 0 Å². The van der Waals surface area contributed by atoms with E-state index in [0.717, 1.165) is 0 Å². The second kappa shape index (κ2) is 9.33. The third kappa shape index (κ3) is 5.13.